The van der Waals surface area contributed by atoms with Gasteiger partial charge in [-0.3, -0.25) is 0 Å². The topological polar surface area (TPSA) is 13.1 Å². The molecule has 2 nitrogen and oxygen atoms in total. The van der Waals surface area contributed by atoms with Gasteiger partial charge in [-0.15, -0.1) is 0 Å². The molecule has 0 saturated carbocycles. The number of hydrogen-bond acceptors (Lipinski definition) is 1. The Bertz CT molecular complexity index is 985. The molecule has 0 radical (unpaired) electrons. The third-order valence-corrected chi connectivity index (χ3v) is 4.31. The minimum absolute atomic E-state index is 0.646. The van der Waals surface area contributed by atoms with E-state index in [-0.39, 0.29) is 0 Å². The number of alkyl halides is 3. The standard InChI is InChI=1S/C21H19F3NO.BF4/c1-14-12-17(16-4-10-20(26-3)11-5-16)13-15(2)25(14)19-8-6-18(7-9-19)21(22,23)24;2-1(3,4)5/h4-13H,1-3H3;/q+1;-1. The smallest absolute Gasteiger partial charge is 0.497 e. The van der Waals surface area contributed by atoms with Gasteiger partial charge < -0.3 is 22.0 Å². The van der Waals surface area contributed by atoms with Crippen molar-refractivity contribution in [3.63, 3.8) is 0 Å². The van der Waals surface area contributed by atoms with Crippen LogP contribution >= 0.6 is 0 Å². The van der Waals surface area contributed by atoms with Crippen molar-refractivity contribution in [3.8, 4) is 22.6 Å². The third kappa shape index (κ3) is 7.01. The van der Waals surface area contributed by atoms with Crippen molar-refractivity contribution in [2.24, 2.45) is 0 Å². The number of nitrogens with zero attached hydrogens (tertiary/aromatic N) is 1. The summed E-state index contributed by atoms with van der Waals surface area (Å²) in [5, 5.41) is 0. The second-order valence-electron chi connectivity index (χ2n) is 6.63. The number of benzene rings is 2. The van der Waals surface area contributed by atoms with Gasteiger partial charge in [-0.25, -0.2) is 0 Å². The molecule has 0 saturated heterocycles. The SMILES string of the molecule is COc1ccc(-c2cc(C)[n+](-c3ccc(C(F)(F)F)cc3)c(C)c2)cc1.F[B-](F)(F)F. The van der Waals surface area contributed by atoms with Crippen molar-refractivity contribution in [2.75, 3.05) is 7.11 Å². The molecule has 0 spiro atoms. The second kappa shape index (κ2) is 9.41. The first-order valence-corrected chi connectivity index (χ1v) is 9.02. The van der Waals surface area contributed by atoms with Gasteiger partial charge in [0.2, 0.25) is 5.69 Å². The lowest BCUT2D eigenvalue weighted by atomic mass is 10.0. The van der Waals surface area contributed by atoms with E-state index < -0.39 is 19.0 Å². The van der Waals surface area contributed by atoms with Crippen LogP contribution in [0.25, 0.3) is 16.8 Å². The van der Waals surface area contributed by atoms with Gasteiger partial charge in [0.15, 0.2) is 11.4 Å². The van der Waals surface area contributed by atoms with Crippen LogP contribution in [0.5, 0.6) is 5.75 Å². The fourth-order valence-corrected chi connectivity index (χ4v) is 3.06. The Hall–Kier alpha value is -3.04. The highest BCUT2D eigenvalue weighted by Crippen LogP contribution is 2.29. The van der Waals surface area contributed by atoms with Crippen molar-refractivity contribution in [3.05, 3.63) is 77.6 Å². The van der Waals surface area contributed by atoms with Crippen LogP contribution in [0.15, 0.2) is 60.7 Å². The Morgan fingerprint density at radius 3 is 1.58 bits per heavy atom. The number of ether oxygens (including phenoxy) is 1. The zero-order valence-corrected chi connectivity index (χ0v) is 16.9. The Balaban J connectivity index is 0.000000614. The zero-order chi connectivity index (χ0) is 23.4. The highest BCUT2D eigenvalue weighted by atomic mass is 19.5. The molecule has 0 aliphatic rings. The average Bonchev–Trinajstić information content (AvgIpc) is 2.66. The van der Waals surface area contributed by atoms with Gasteiger partial charge in [-0.05, 0) is 35.4 Å². The quantitative estimate of drug-likeness (QED) is 0.252. The monoisotopic (exact) mass is 445 g/mol. The lowest BCUT2D eigenvalue weighted by Crippen LogP contribution is -2.37. The number of rotatable bonds is 3. The van der Waals surface area contributed by atoms with E-state index in [9.17, 15) is 30.4 Å². The molecule has 0 atom stereocenters. The fourth-order valence-electron chi connectivity index (χ4n) is 3.06. The molecule has 3 rings (SSSR count). The second-order valence-corrected chi connectivity index (χ2v) is 6.63. The van der Waals surface area contributed by atoms with Crippen LogP contribution in [0.1, 0.15) is 17.0 Å². The molecule has 3 aromatic rings. The van der Waals surface area contributed by atoms with E-state index in [1.54, 1.807) is 7.11 Å². The summed E-state index contributed by atoms with van der Waals surface area (Å²) in [5.41, 5.74) is 4.04. The molecule has 166 valence electrons. The maximum Gasteiger partial charge on any atom is 0.673 e. The van der Waals surface area contributed by atoms with E-state index in [1.807, 2.05) is 54.8 Å². The van der Waals surface area contributed by atoms with E-state index in [1.165, 1.54) is 12.1 Å². The van der Waals surface area contributed by atoms with Crippen LogP contribution in [0.3, 0.4) is 0 Å². The summed E-state index contributed by atoms with van der Waals surface area (Å²) >= 11 is 0. The van der Waals surface area contributed by atoms with E-state index in [4.69, 9.17) is 4.74 Å². The zero-order valence-electron chi connectivity index (χ0n) is 16.9. The molecule has 0 aliphatic heterocycles. The first-order valence-electron chi connectivity index (χ1n) is 9.02. The maximum absolute atomic E-state index is 12.8. The van der Waals surface area contributed by atoms with Crippen molar-refractivity contribution in [2.45, 2.75) is 20.0 Å². The predicted octanol–water partition coefficient (Wildman–Crippen LogP) is 6.57. The molecule has 0 unspecified atom stereocenters. The molecule has 0 amide bonds. The minimum Gasteiger partial charge on any atom is -0.497 e. The molecule has 2 aromatic carbocycles. The predicted molar refractivity (Wildman–Crippen MR) is 105 cm³/mol. The lowest BCUT2D eigenvalue weighted by Gasteiger charge is -2.09. The average molecular weight is 445 g/mol. The number of pyridine rings is 1. The number of aryl methyl sites for hydroxylation is 2. The molecule has 0 fully saturated rings. The highest BCUT2D eigenvalue weighted by Gasteiger charge is 2.30. The number of methoxy groups -OCH3 is 1. The summed E-state index contributed by atoms with van der Waals surface area (Å²) in [4.78, 5) is 0. The largest absolute Gasteiger partial charge is 0.673 e. The molecular formula is C21H19BF7NO. The Labute approximate surface area is 175 Å². The molecule has 10 heteroatoms. The van der Waals surface area contributed by atoms with Gasteiger partial charge in [-0.2, -0.15) is 17.7 Å². The van der Waals surface area contributed by atoms with Gasteiger partial charge in [0.25, 0.3) is 0 Å². The Kier molecular flexibility index (Phi) is 7.35. The summed E-state index contributed by atoms with van der Waals surface area (Å²) in [5.74, 6) is 0.790. The summed E-state index contributed by atoms with van der Waals surface area (Å²) in [6.07, 6.45) is -4.33. The van der Waals surface area contributed by atoms with Crippen LogP contribution in [-0.2, 0) is 6.18 Å². The molecule has 1 aromatic heterocycles. The minimum atomic E-state index is -6.00. The van der Waals surface area contributed by atoms with E-state index in [2.05, 4.69) is 0 Å². The van der Waals surface area contributed by atoms with Crippen molar-refractivity contribution >= 4 is 7.25 Å². The van der Waals surface area contributed by atoms with Crippen LogP contribution in [0.2, 0.25) is 0 Å². The highest BCUT2D eigenvalue weighted by molar-refractivity contribution is 6.50. The molecule has 0 N–H and O–H groups in total. The first kappa shape index (κ1) is 24.2. The van der Waals surface area contributed by atoms with E-state index >= 15 is 0 Å². The van der Waals surface area contributed by atoms with E-state index in [0.717, 1.165) is 40.4 Å². The first-order chi connectivity index (χ1) is 14.3. The summed E-state index contributed by atoms with van der Waals surface area (Å²) in [6, 6.07) is 17.0. The molecule has 0 aliphatic carbocycles. The Morgan fingerprint density at radius 2 is 1.19 bits per heavy atom. The number of aromatic nitrogens is 1. The van der Waals surface area contributed by atoms with Crippen molar-refractivity contribution in [1.82, 2.24) is 0 Å². The van der Waals surface area contributed by atoms with Crippen LogP contribution in [0, 0.1) is 13.8 Å². The molecule has 31 heavy (non-hydrogen) atoms. The summed E-state index contributed by atoms with van der Waals surface area (Å²) in [7, 11) is -4.38. The molecule has 0 bridgehead atoms. The van der Waals surface area contributed by atoms with E-state index in [0.29, 0.717) is 5.69 Å². The van der Waals surface area contributed by atoms with Crippen molar-refractivity contribution < 1.29 is 39.7 Å². The normalized spacial score (nSPS) is 11.5. The van der Waals surface area contributed by atoms with Gasteiger partial charge in [0, 0.05) is 38.1 Å². The lowest BCUT2D eigenvalue weighted by molar-refractivity contribution is -0.609. The van der Waals surface area contributed by atoms with Gasteiger partial charge in [0.1, 0.15) is 5.75 Å². The fraction of sp³-hybridized carbons (Fsp3) is 0.190. The van der Waals surface area contributed by atoms with Gasteiger partial charge >= 0.3 is 13.4 Å². The van der Waals surface area contributed by atoms with Crippen LogP contribution in [-0.4, -0.2) is 14.4 Å². The summed E-state index contributed by atoms with van der Waals surface area (Å²) in [6.45, 7) is 3.88. The third-order valence-electron chi connectivity index (χ3n) is 4.31. The number of halogens is 7. The molecule has 1 heterocycles. The number of hydrogen-bond donors (Lipinski definition) is 0. The van der Waals surface area contributed by atoms with Crippen molar-refractivity contribution in [1.29, 1.82) is 0 Å². The maximum atomic E-state index is 12.8. The Morgan fingerprint density at radius 1 is 0.742 bits per heavy atom. The van der Waals surface area contributed by atoms with Crippen LogP contribution < -0.4 is 9.30 Å². The van der Waals surface area contributed by atoms with Gasteiger partial charge in [-0.1, -0.05) is 12.1 Å². The van der Waals surface area contributed by atoms with Crippen LogP contribution in [0.4, 0.5) is 30.4 Å². The summed E-state index contributed by atoms with van der Waals surface area (Å²) < 4.78 is 84.4. The van der Waals surface area contributed by atoms with Gasteiger partial charge in [0.05, 0.1) is 12.7 Å². The molecular weight excluding hydrogens is 426 g/mol.